The molecule has 1 aliphatic heterocycles. The van der Waals surface area contributed by atoms with Crippen LogP contribution in [0.25, 0.3) is 0 Å². The Morgan fingerprint density at radius 3 is 2.40 bits per heavy atom. The van der Waals surface area contributed by atoms with Crippen molar-refractivity contribution in [3.8, 4) is 0 Å². The quantitative estimate of drug-likeness (QED) is 0.791. The van der Waals surface area contributed by atoms with E-state index in [-0.39, 0.29) is 12.2 Å². The van der Waals surface area contributed by atoms with Crippen LogP contribution in [0.1, 0.15) is 60.8 Å². The predicted octanol–water partition coefficient (Wildman–Crippen LogP) is 3.84. The molecule has 1 aliphatic rings. The van der Waals surface area contributed by atoms with Gasteiger partial charge in [-0.2, -0.15) is 0 Å². The van der Waals surface area contributed by atoms with Crippen molar-refractivity contribution < 1.29 is 14.3 Å². The number of amides is 1. The van der Waals surface area contributed by atoms with Crippen LogP contribution >= 0.6 is 0 Å². The van der Waals surface area contributed by atoms with Gasteiger partial charge in [0.05, 0.1) is 12.6 Å². The second kappa shape index (κ2) is 6.79. The van der Waals surface area contributed by atoms with Crippen LogP contribution < -0.4 is 0 Å². The van der Waals surface area contributed by atoms with Gasteiger partial charge in [0.2, 0.25) is 0 Å². The summed E-state index contributed by atoms with van der Waals surface area (Å²) in [6.07, 6.45) is 2.99. The normalized spacial score (nSPS) is 20.9. The van der Waals surface area contributed by atoms with E-state index < -0.39 is 5.60 Å². The highest BCUT2D eigenvalue weighted by Gasteiger charge is 2.28. The van der Waals surface area contributed by atoms with Crippen LogP contribution in [0.4, 0.5) is 4.79 Å². The van der Waals surface area contributed by atoms with Gasteiger partial charge in [-0.05, 0) is 45.4 Å². The molecule has 4 nitrogen and oxygen atoms in total. The minimum atomic E-state index is -0.433. The lowest BCUT2D eigenvalue weighted by atomic mass is 9.93. The third kappa shape index (κ3) is 7.13. The van der Waals surface area contributed by atoms with Crippen molar-refractivity contribution in [3.63, 3.8) is 0 Å². The predicted molar refractivity (Wildman–Crippen MR) is 80.9 cm³/mol. The summed E-state index contributed by atoms with van der Waals surface area (Å²) in [5.74, 6) is 0. The first-order valence-corrected chi connectivity index (χ1v) is 7.66. The van der Waals surface area contributed by atoms with Gasteiger partial charge in [-0.3, -0.25) is 0 Å². The maximum Gasteiger partial charge on any atom is 0.410 e. The zero-order valence-electron chi connectivity index (χ0n) is 14.0. The van der Waals surface area contributed by atoms with Crippen LogP contribution in [0.2, 0.25) is 0 Å². The molecule has 0 aromatic heterocycles. The smallest absolute Gasteiger partial charge is 0.410 e. The highest BCUT2D eigenvalue weighted by molar-refractivity contribution is 5.68. The number of carbonyl (C=O) groups is 1. The SMILES string of the molecule is CC(C)(C)CCOC1CCCN(C(=O)OC(C)(C)C)C1. The molecule has 0 bridgehead atoms. The minimum absolute atomic E-state index is 0.151. The number of hydrogen-bond donors (Lipinski definition) is 0. The molecule has 1 amide bonds. The topological polar surface area (TPSA) is 38.8 Å². The summed E-state index contributed by atoms with van der Waals surface area (Å²) in [5, 5.41) is 0. The maximum atomic E-state index is 12.0. The van der Waals surface area contributed by atoms with Crippen molar-refractivity contribution in [2.45, 2.75) is 72.5 Å². The molecule has 1 heterocycles. The Labute approximate surface area is 123 Å². The second-order valence-corrected chi connectivity index (χ2v) is 7.87. The van der Waals surface area contributed by atoms with Gasteiger partial charge in [0, 0.05) is 13.2 Å². The van der Waals surface area contributed by atoms with Crippen molar-refractivity contribution >= 4 is 6.09 Å². The number of carbonyl (C=O) groups excluding carboxylic acids is 1. The average Bonchev–Trinajstić information content (AvgIpc) is 2.25. The molecule has 4 heteroatoms. The zero-order chi connectivity index (χ0) is 15.4. The summed E-state index contributed by atoms with van der Waals surface area (Å²) in [5.41, 5.74) is -0.142. The van der Waals surface area contributed by atoms with Crippen molar-refractivity contribution in [1.29, 1.82) is 0 Å². The number of hydrogen-bond acceptors (Lipinski definition) is 3. The fourth-order valence-corrected chi connectivity index (χ4v) is 2.10. The molecule has 1 fully saturated rings. The first-order chi connectivity index (χ1) is 9.07. The van der Waals surface area contributed by atoms with E-state index in [4.69, 9.17) is 9.47 Å². The van der Waals surface area contributed by atoms with Gasteiger partial charge >= 0.3 is 6.09 Å². The molecule has 1 atom stereocenters. The third-order valence-electron chi connectivity index (χ3n) is 3.24. The summed E-state index contributed by atoms with van der Waals surface area (Å²) in [4.78, 5) is 13.8. The lowest BCUT2D eigenvalue weighted by Crippen LogP contribution is -2.45. The Kier molecular flexibility index (Phi) is 5.87. The average molecular weight is 285 g/mol. The van der Waals surface area contributed by atoms with Crippen LogP contribution in [0.15, 0.2) is 0 Å². The van der Waals surface area contributed by atoms with E-state index in [1.165, 1.54) is 0 Å². The largest absolute Gasteiger partial charge is 0.444 e. The molecule has 118 valence electrons. The van der Waals surface area contributed by atoms with Crippen LogP contribution in [0.5, 0.6) is 0 Å². The van der Waals surface area contributed by atoms with Crippen molar-refractivity contribution in [2.75, 3.05) is 19.7 Å². The Morgan fingerprint density at radius 1 is 1.20 bits per heavy atom. The molecule has 20 heavy (non-hydrogen) atoms. The molecular formula is C16H31NO3. The van der Waals surface area contributed by atoms with Crippen molar-refractivity contribution in [2.24, 2.45) is 5.41 Å². The number of rotatable bonds is 3. The molecule has 0 N–H and O–H groups in total. The van der Waals surface area contributed by atoms with Crippen LogP contribution in [-0.4, -0.2) is 42.4 Å². The molecule has 0 aliphatic carbocycles. The molecule has 1 saturated heterocycles. The summed E-state index contributed by atoms with van der Waals surface area (Å²) >= 11 is 0. The number of ether oxygens (including phenoxy) is 2. The Morgan fingerprint density at radius 2 is 1.85 bits per heavy atom. The number of nitrogens with zero attached hydrogens (tertiary/aromatic N) is 1. The van der Waals surface area contributed by atoms with E-state index in [1.54, 1.807) is 4.90 Å². The number of piperidine rings is 1. The first-order valence-electron chi connectivity index (χ1n) is 7.66. The second-order valence-electron chi connectivity index (χ2n) is 7.87. The summed E-state index contributed by atoms with van der Waals surface area (Å²) in [6, 6.07) is 0. The molecule has 1 rings (SSSR count). The van der Waals surface area contributed by atoms with Gasteiger partial charge in [0.1, 0.15) is 5.60 Å². The monoisotopic (exact) mass is 285 g/mol. The molecule has 0 radical (unpaired) electrons. The van der Waals surface area contributed by atoms with Gasteiger partial charge in [-0.1, -0.05) is 20.8 Å². The van der Waals surface area contributed by atoms with Gasteiger partial charge < -0.3 is 14.4 Å². The van der Waals surface area contributed by atoms with E-state index in [1.807, 2.05) is 20.8 Å². The molecular weight excluding hydrogens is 254 g/mol. The highest BCUT2D eigenvalue weighted by Crippen LogP contribution is 2.21. The van der Waals surface area contributed by atoms with Crippen molar-refractivity contribution in [1.82, 2.24) is 4.90 Å². The summed E-state index contributed by atoms with van der Waals surface area (Å²) in [6.45, 7) is 14.5. The third-order valence-corrected chi connectivity index (χ3v) is 3.24. The Bertz CT molecular complexity index is 315. The van der Waals surface area contributed by atoms with E-state index in [2.05, 4.69) is 20.8 Å². The summed E-state index contributed by atoms with van der Waals surface area (Å²) in [7, 11) is 0. The van der Waals surface area contributed by atoms with Crippen molar-refractivity contribution in [3.05, 3.63) is 0 Å². The zero-order valence-corrected chi connectivity index (χ0v) is 14.0. The lowest BCUT2D eigenvalue weighted by Gasteiger charge is -2.34. The minimum Gasteiger partial charge on any atom is -0.444 e. The number of likely N-dealkylation sites (tertiary alicyclic amines) is 1. The van der Waals surface area contributed by atoms with Crippen LogP contribution in [0.3, 0.4) is 0 Å². The van der Waals surface area contributed by atoms with E-state index in [9.17, 15) is 4.79 Å². The molecule has 0 spiro atoms. The Balaban J connectivity index is 2.37. The first kappa shape index (κ1) is 17.3. The van der Waals surface area contributed by atoms with Crippen LogP contribution in [-0.2, 0) is 9.47 Å². The van der Waals surface area contributed by atoms with E-state index in [0.29, 0.717) is 12.0 Å². The standard InChI is InChI=1S/C16H31NO3/c1-15(2,3)9-11-19-13-8-7-10-17(12-13)14(18)20-16(4,5)6/h13H,7-12H2,1-6H3. The van der Waals surface area contributed by atoms with Gasteiger partial charge in [0.25, 0.3) is 0 Å². The fourth-order valence-electron chi connectivity index (χ4n) is 2.10. The molecule has 0 aromatic carbocycles. The van der Waals surface area contributed by atoms with Gasteiger partial charge in [0.15, 0.2) is 0 Å². The highest BCUT2D eigenvalue weighted by atomic mass is 16.6. The van der Waals surface area contributed by atoms with Crippen LogP contribution in [0, 0.1) is 5.41 Å². The summed E-state index contributed by atoms with van der Waals surface area (Å²) < 4.78 is 11.3. The van der Waals surface area contributed by atoms with E-state index in [0.717, 1.165) is 32.4 Å². The maximum absolute atomic E-state index is 12.0. The Hall–Kier alpha value is -0.770. The molecule has 0 saturated carbocycles. The lowest BCUT2D eigenvalue weighted by molar-refractivity contribution is -0.0252. The van der Waals surface area contributed by atoms with E-state index >= 15 is 0 Å². The molecule has 1 unspecified atom stereocenters. The van der Waals surface area contributed by atoms with Gasteiger partial charge in [-0.25, -0.2) is 4.79 Å². The molecule has 0 aromatic rings. The fraction of sp³-hybridized carbons (Fsp3) is 0.938. The van der Waals surface area contributed by atoms with Gasteiger partial charge in [-0.15, -0.1) is 0 Å².